The first-order valence-corrected chi connectivity index (χ1v) is 6.51. The molecule has 0 radical (unpaired) electrons. The second-order valence-corrected chi connectivity index (χ2v) is 4.91. The second kappa shape index (κ2) is 4.37. The van der Waals surface area contributed by atoms with Gasteiger partial charge >= 0.3 is 0 Å². The minimum absolute atomic E-state index is 0.745. The molecule has 0 N–H and O–H groups in total. The third-order valence-electron chi connectivity index (χ3n) is 2.82. The highest BCUT2D eigenvalue weighted by Gasteiger charge is 2.19. The number of nitrogens with zero attached hydrogens (tertiary/aromatic N) is 5. The number of hydrogen-bond donors (Lipinski definition) is 0. The minimum Gasteiger partial charge on any atom is -0.378 e. The number of anilines is 1. The van der Waals surface area contributed by atoms with Gasteiger partial charge in [-0.3, -0.25) is 0 Å². The molecular weight excluding hydrogens is 333 g/mol. The van der Waals surface area contributed by atoms with Gasteiger partial charge in [0.25, 0.3) is 0 Å². The predicted molar refractivity (Wildman–Crippen MR) is 72.1 cm³/mol. The molecule has 0 atom stereocenters. The zero-order valence-corrected chi connectivity index (χ0v) is 11.6. The predicted octanol–water partition coefficient (Wildman–Crippen LogP) is 0.804. The lowest BCUT2D eigenvalue weighted by atomic mass is 10.4. The molecule has 90 valence electrons. The Morgan fingerprint density at radius 1 is 1.29 bits per heavy atom. The molecule has 0 spiro atoms. The van der Waals surface area contributed by atoms with Gasteiger partial charge in [-0.15, -0.1) is 0 Å². The molecule has 0 saturated carbocycles. The molecule has 0 aromatic carbocycles. The normalized spacial score (nSPS) is 16.7. The van der Waals surface area contributed by atoms with Gasteiger partial charge in [0.2, 0.25) is 0 Å². The van der Waals surface area contributed by atoms with E-state index in [9.17, 15) is 0 Å². The third kappa shape index (κ3) is 1.97. The van der Waals surface area contributed by atoms with E-state index in [1.54, 1.807) is 6.33 Å². The van der Waals surface area contributed by atoms with E-state index in [0.717, 1.165) is 47.1 Å². The summed E-state index contributed by atoms with van der Waals surface area (Å²) in [4.78, 5) is 15.5. The van der Waals surface area contributed by atoms with Crippen LogP contribution >= 0.6 is 22.6 Å². The van der Waals surface area contributed by atoms with Crippen LogP contribution in [-0.4, -0.2) is 45.8 Å². The van der Waals surface area contributed by atoms with Gasteiger partial charge < -0.3 is 14.2 Å². The summed E-state index contributed by atoms with van der Waals surface area (Å²) in [5, 5.41) is 0. The van der Waals surface area contributed by atoms with Gasteiger partial charge in [-0.25, -0.2) is 15.0 Å². The molecule has 0 bridgehead atoms. The summed E-state index contributed by atoms with van der Waals surface area (Å²) in [6.07, 6.45) is 1.78. The fourth-order valence-electron chi connectivity index (χ4n) is 1.96. The van der Waals surface area contributed by atoms with Crippen LogP contribution in [0, 0.1) is 3.83 Å². The lowest BCUT2D eigenvalue weighted by Crippen LogP contribution is -2.37. The number of fused-ring (bicyclic) bond motifs is 1. The van der Waals surface area contributed by atoms with E-state index < -0.39 is 0 Å². The molecule has 1 aliphatic rings. The molecule has 0 amide bonds. The molecule has 2 aromatic rings. The Kier molecular flexibility index (Phi) is 2.87. The summed E-state index contributed by atoms with van der Waals surface area (Å²) in [5.41, 5.74) is 1.75. The molecular formula is C10H12IN5O. The third-order valence-corrected chi connectivity index (χ3v) is 3.31. The molecule has 1 fully saturated rings. The van der Waals surface area contributed by atoms with Crippen molar-refractivity contribution in [2.24, 2.45) is 7.05 Å². The number of ether oxygens (including phenoxy) is 1. The number of imidazole rings is 1. The standard InChI is InChI=1S/C10H12IN5O/c1-15-6-12-7-8(15)13-10(11)14-9(7)16-2-4-17-5-3-16/h6H,2-5H2,1H3. The van der Waals surface area contributed by atoms with Gasteiger partial charge in [-0.1, -0.05) is 0 Å². The van der Waals surface area contributed by atoms with Crippen molar-refractivity contribution in [3.63, 3.8) is 0 Å². The first-order chi connectivity index (χ1) is 8.25. The Morgan fingerprint density at radius 3 is 2.82 bits per heavy atom. The van der Waals surface area contributed by atoms with Gasteiger partial charge in [0.1, 0.15) is 0 Å². The van der Waals surface area contributed by atoms with Crippen LogP contribution in [0.25, 0.3) is 11.2 Å². The number of aromatic nitrogens is 4. The SMILES string of the molecule is Cn1cnc2c(N3CCOCC3)nc(I)nc21. The van der Waals surface area contributed by atoms with Gasteiger partial charge in [-0.2, -0.15) is 0 Å². The van der Waals surface area contributed by atoms with Crippen LogP contribution in [0.4, 0.5) is 5.82 Å². The number of halogens is 1. The molecule has 7 heteroatoms. The Hall–Kier alpha value is -0.960. The number of hydrogen-bond acceptors (Lipinski definition) is 5. The minimum atomic E-state index is 0.745. The average molecular weight is 345 g/mol. The summed E-state index contributed by atoms with van der Waals surface area (Å²) in [6.45, 7) is 3.21. The van der Waals surface area contributed by atoms with E-state index in [2.05, 4.69) is 42.4 Å². The van der Waals surface area contributed by atoms with Crippen molar-refractivity contribution >= 4 is 39.6 Å². The zero-order chi connectivity index (χ0) is 11.8. The first kappa shape index (κ1) is 11.1. The van der Waals surface area contributed by atoms with Crippen molar-refractivity contribution in [3.8, 4) is 0 Å². The van der Waals surface area contributed by atoms with Crippen molar-refractivity contribution < 1.29 is 4.74 Å². The van der Waals surface area contributed by atoms with Gasteiger partial charge in [0, 0.05) is 42.7 Å². The maximum absolute atomic E-state index is 5.36. The highest BCUT2D eigenvalue weighted by Crippen LogP contribution is 2.23. The van der Waals surface area contributed by atoms with E-state index in [4.69, 9.17) is 4.74 Å². The topological polar surface area (TPSA) is 56.1 Å². The van der Waals surface area contributed by atoms with Gasteiger partial charge in [0.05, 0.1) is 19.5 Å². The molecule has 17 heavy (non-hydrogen) atoms. The molecule has 1 aliphatic heterocycles. The maximum Gasteiger partial charge on any atom is 0.194 e. The van der Waals surface area contributed by atoms with Gasteiger partial charge in [-0.05, 0) is 0 Å². The average Bonchev–Trinajstić information content (AvgIpc) is 2.72. The van der Waals surface area contributed by atoms with E-state index in [1.165, 1.54) is 0 Å². The fourth-order valence-corrected chi connectivity index (χ4v) is 2.42. The lowest BCUT2D eigenvalue weighted by molar-refractivity contribution is 0.122. The van der Waals surface area contributed by atoms with E-state index in [0.29, 0.717) is 0 Å². The van der Waals surface area contributed by atoms with Gasteiger partial charge in [0.15, 0.2) is 20.8 Å². The first-order valence-electron chi connectivity index (χ1n) is 5.43. The van der Waals surface area contributed by atoms with Crippen LogP contribution in [0.5, 0.6) is 0 Å². The summed E-state index contributed by atoms with van der Waals surface area (Å²) >= 11 is 2.14. The zero-order valence-electron chi connectivity index (χ0n) is 9.43. The molecule has 3 rings (SSSR count). The fraction of sp³-hybridized carbons (Fsp3) is 0.500. The van der Waals surface area contributed by atoms with Crippen molar-refractivity contribution in [1.82, 2.24) is 19.5 Å². The molecule has 0 unspecified atom stereocenters. The van der Waals surface area contributed by atoms with Crippen molar-refractivity contribution in [2.45, 2.75) is 0 Å². The Bertz CT molecular complexity index is 549. The summed E-state index contributed by atoms with van der Waals surface area (Å²) in [5.74, 6) is 0.920. The number of rotatable bonds is 1. The lowest BCUT2D eigenvalue weighted by Gasteiger charge is -2.27. The van der Waals surface area contributed by atoms with Crippen LogP contribution in [0.2, 0.25) is 0 Å². The molecule has 2 aromatic heterocycles. The molecule has 3 heterocycles. The van der Waals surface area contributed by atoms with Crippen molar-refractivity contribution in [3.05, 3.63) is 10.2 Å². The van der Waals surface area contributed by atoms with Crippen LogP contribution in [0.3, 0.4) is 0 Å². The van der Waals surface area contributed by atoms with Crippen molar-refractivity contribution in [1.29, 1.82) is 0 Å². The van der Waals surface area contributed by atoms with Crippen LogP contribution < -0.4 is 4.90 Å². The quantitative estimate of drug-likeness (QED) is 0.566. The van der Waals surface area contributed by atoms with E-state index >= 15 is 0 Å². The van der Waals surface area contributed by atoms with Crippen molar-refractivity contribution in [2.75, 3.05) is 31.2 Å². The second-order valence-electron chi connectivity index (χ2n) is 3.94. The maximum atomic E-state index is 5.36. The summed E-state index contributed by atoms with van der Waals surface area (Å²) < 4.78 is 8.03. The largest absolute Gasteiger partial charge is 0.378 e. The smallest absolute Gasteiger partial charge is 0.194 e. The van der Waals surface area contributed by atoms with Crippen LogP contribution in [0.15, 0.2) is 6.33 Å². The Morgan fingerprint density at radius 2 is 2.06 bits per heavy atom. The van der Waals surface area contributed by atoms with E-state index in [1.807, 2.05) is 11.6 Å². The monoisotopic (exact) mass is 345 g/mol. The number of morpholine rings is 1. The van der Waals surface area contributed by atoms with E-state index in [-0.39, 0.29) is 0 Å². The molecule has 6 nitrogen and oxygen atoms in total. The highest BCUT2D eigenvalue weighted by atomic mass is 127. The molecule has 1 saturated heterocycles. The Labute approximate surface area is 112 Å². The summed E-state index contributed by atoms with van der Waals surface area (Å²) in [6, 6.07) is 0. The van der Waals surface area contributed by atoms with Crippen LogP contribution in [0.1, 0.15) is 0 Å². The Balaban J connectivity index is 2.13. The highest BCUT2D eigenvalue weighted by molar-refractivity contribution is 14.1. The van der Waals surface area contributed by atoms with Crippen LogP contribution in [-0.2, 0) is 11.8 Å². The summed E-state index contributed by atoms with van der Waals surface area (Å²) in [7, 11) is 1.95. The molecule has 0 aliphatic carbocycles. The number of aryl methyl sites for hydroxylation is 1.